The number of nitrogens with one attached hydrogen (secondary N) is 2. The molecule has 8 rings (SSSR count). The van der Waals surface area contributed by atoms with Crippen molar-refractivity contribution in [2.75, 3.05) is 32.1 Å². The van der Waals surface area contributed by atoms with Crippen molar-refractivity contribution in [3.05, 3.63) is 88.2 Å². The molecule has 16 heteroatoms. The Bertz CT molecular complexity index is 2510. The largest absolute Gasteiger partial charge is 0.477 e. The Morgan fingerprint density at radius 2 is 1.79 bits per heavy atom. The summed E-state index contributed by atoms with van der Waals surface area (Å²) in [5.74, 6) is -3.00. The number of nitrogens with zero attached hydrogens (tertiary/aromatic N) is 7. The zero-order valence-electron chi connectivity index (χ0n) is 35.1. The highest BCUT2D eigenvalue weighted by molar-refractivity contribution is 6.05. The van der Waals surface area contributed by atoms with Crippen LogP contribution in [0.25, 0.3) is 22.3 Å². The van der Waals surface area contributed by atoms with Crippen LogP contribution in [0.3, 0.4) is 0 Å². The Morgan fingerprint density at radius 3 is 2.54 bits per heavy atom. The van der Waals surface area contributed by atoms with E-state index in [0.717, 1.165) is 31.2 Å². The van der Waals surface area contributed by atoms with E-state index in [9.17, 15) is 19.2 Å². The van der Waals surface area contributed by atoms with Crippen LogP contribution in [-0.4, -0.2) is 96.6 Å². The van der Waals surface area contributed by atoms with Gasteiger partial charge in [0.15, 0.2) is 0 Å². The molecule has 3 aliphatic heterocycles. The van der Waals surface area contributed by atoms with Crippen LogP contribution in [0, 0.1) is 24.5 Å². The number of halogens is 2. The van der Waals surface area contributed by atoms with Crippen molar-refractivity contribution >= 4 is 40.6 Å². The molecule has 0 spiro atoms. The van der Waals surface area contributed by atoms with E-state index >= 15 is 8.78 Å². The van der Waals surface area contributed by atoms with Crippen molar-refractivity contribution in [2.24, 2.45) is 13.0 Å². The van der Waals surface area contributed by atoms with Gasteiger partial charge in [0.25, 0.3) is 11.8 Å². The van der Waals surface area contributed by atoms with Gasteiger partial charge >= 0.3 is 0 Å². The topological polar surface area (TPSA) is 157 Å². The predicted octanol–water partition coefficient (Wildman–Crippen LogP) is 6.17. The highest BCUT2D eigenvalue weighted by atomic mass is 19.1. The number of rotatable bonds is 6. The summed E-state index contributed by atoms with van der Waals surface area (Å²) in [4.78, 5) is 65.4. The van der Waals surface area contributed by atoms with Crippen LogP contribution >= 0.6 is 0 Å². The Balaban J connectivity index is 0.956. The van der Waals surface area contributed by atoms with E-state index in [4.69, 9.17) is 9.72 Å². The first-order valence-corrected chi connectivity index (χ1v) is 21.0. The molecule has 5 aromatic rings. The van der Waals surface area contributed by atoms with Crippen LogP contribution in [0.2, 0.25) is 0 Å². The molecule has 2 bridgehead atoms. The summed E-state index contributed by atoms with van der Waals surface area (Å²) in [6, 6.07) is 11.6. The maximum absolute atomic E-state index is 15.2. The minimum Gasteiger partial charge on any atom is -0.477 e. The van der Waals surface area contributed by atoms with Gasteiger partial charge in [0.1, 0.15) is 11.6 Å². The molecule has 0 aliphatic carbocycles. The molecular weight excluding hydrogens is 785 g/mol. The fourth-order valence-corrected chi connectivity index (χ4v) is 9.03. The molecule has 3 aromatic heterocycles. The third kappa shape index (κ3) is 8.63. The normalized spacial score (nSPS) is 21.4. The van der Waals surface area contributed by atoms with Crippen molar-refractivity contribution in [3.8, 4) is 17.1 Å². The molecule has 61 heavy (non-hydrogen) atoms. The van der Waals surface area contributed by atoms with Crippen LogP contribution in [0.4, 0.5) is 14.7 Å². The second-order valence-electron chi connectivity index (χ2n) is 16.9. The zero-order valence-corrected chi connectivity index (χ0v) is 35.1. The highest BCUT2D eigenvalue weighted by Crippen LogP contribution is 2.33. The molecule has 0 unspecified atom stereocenters. The number of pyridine rings is 1. The molecule has 14 nitrogen and oxygen atoms in total. The number of imidazole rings is 1. The lowest BCUT2D eigenvalue weighted by atomic mass is 9.88. The summed E-state index contributed by atoms with van der Waals surface area (Å²) >= 11 is 0. The van der Waals surface area contributed by atoms with Gasteiger partial charge in [0.05, 0.1) is 41.0 Å². The van der Waals surface area contributed by atoms with Gasteiger partial charge in [-0.1, -0.05) is 6.92 Å². The predicted molar refractivity (Wildman–Crippen MR) is 224 cm³/mol. The lowest BCUT2D eigenvalue weighted by molar-refractivity contribution is -0.134. The van der Waals surface area contributed by atoms with Gasteiger partial charge in [-0.15, -0.1) is 0 Å². The second-order valence-corrected chi connectivity index (χ2v) is 16.9. The number of benzene rings is 2. The maximum Gasteiger partial charge on any atom is 0.258 e. The molecular formula is C45H51F2N9O5. The molecule has 6 heterocycles. The first-order valence-electron chi connectivity index (χ1n) is 21.0. The number of likely N-dealkylation sites (tertiary alicyclic amines) is 1. The van der Waals surface area contributed by atoms with Crippen LogP contribution in [0.1, 0.15) is 95.8 Å². The standard InChI is InChI=1S/C45H51F2N9O5/c1-25-7-6-16-61-44-33(23-48-54(44)5)37-21-30(17-26(2)49-37)41(58)52-45-50-36-10-8-29(22-38(36)56(45)24-25)43(60)53(4)31-13-15-55(27(3)18-31)14-12-28-19-34(46)40(35(47)20-28)32-9-11-39(57)51-42(32)59/h8,10,17,19-23,25,27,31-32H,6-7,9,11-16,18,24H2,1-5H3,(H,50,52,58)(H,51,57,59)/t25-,27+,31+,32-/m1/s1. The van der Waals surface area contributed by atoms with Gasteiger partial charge in [-0.05, 0) is 106 Å². The van der Waals surface area contributed by atoms with Crippen molar-refractivity contribution in [1.29, 1.82) is 0 Å². The number of fused-ring (bicyclic) bond motifs is 7. The summed E-state index contributed by atoms with van der Waals surface area (Å²) in [7, 11) is 3.65. The molecule has 0 saturated carbocycles. The number of aryl methyl sites for hydroxylation is 2. The van der Waals surface area contributed by atoms with Gasteiger partial charge < -0.3 is 19.1 Å². The van der Waals surface area contributed by atoms with Gasteiger partial charge in [0.2, 0.25) is 23.6 Å². The summed E-state index contributed by atoms with van der Waals surface area (Å²) < 4.78 is 40.2. The van der Waals surface area contributed by atoms with Crippen LogP contribution in [-0.2, 0) is 29.6 Å². The number of ether oxygens (including phenoxy) is 1. The van der Waals surface area contributed by atoms with Crippen LogP contribution < -0.4 is 15.4 Å². The number of anilines is 1. The van der Waals surface area contributed by atoms with E-state index in [1.807, 2.05) is 37.7 Å². The Hall–Kier alpha value is -6.03. The molecule has 4 atom stereocenters. The molecule has 2 saturated heterocycles. The number of carbonyl (C=O) groups excluding carboxylic acids is 4. The van der Waals surface area contributed by atoms with Crippen molar-refractivity contribution in [2.45, 2.75) is 90.3 Å². The fraction of sp³-hybridized carbons (Fsp3) is 0.444. The second kappa shape index (κ2) is 17.1. The fourth-order valence-electron chi connectivity index (χ4n) is 9.03. The molecule has 2 aromatic carbocycles. The summed E-state index contributed by atoms with van der Waals surface area (Å²) in [6.07, 6.45) is 5.28. The average Bonchev–Trinajstić information content (AvgIpc) is 3.76. The van der Waals surface area contributed by atoms with Crippen molar-refractivity contribution < 1.29 is 32.7 Å². The first-order chi connectivity index (χ1) is 29.2. The van der Waals surface area contributed by atoms with Gasteiger partial charge in [-0.3, -0.25) is 34.8 Å². The van der Waals surface area contributed by atoms with Crippen molar-refractivity contribution in [3.63, 3.8) is 0 Å². The van der Waals surface area contributed by atoms with E-state index < -0.39 is 29.4 Å². The number of piperidine rings is 2. The smallest absolute Gasteiger partial charge is 0.258 e. The zero-order chi connectivity index (χ0) is 43.1. The Kier molecular flexibility index (Phi) is 11.7. The molecule has 320 valence electrons. The third-order valence-electron chi connectivity index (χ3n) is 12.4. The molecule has 3 aliphatic rings. The minimum absolute atomic E-state index is 0.0302. The lowest BCUT2D eigenvalue weighted by Gasteiger charge is -2.41. The maximum atomic E-state index is 15.2. The number of amides is 4. The Morgan fingerprint density at radius 1 is 1.00 bits per heavy atom. The highest BCUT2D eigenvalue weighted by Gasteiger charge is 2.34. The average molecular weight is 836 g/mol. The van der Waals surface area contributed by atoms with E-state index in [1.165, 1.54) is 12.1 Å². The third-order valence-corrected chi connectivity index (χ3v) is 12.4. The summed E-state index contributed by atoms with van der Waals surface area (Å²) in [5.41, 5.74) is 4.49. The Labute approximate surface area is 352 Å². The number of aromatic nitrogens is 5. The van der Waals surface area contributed by atoms with E-state index in [0.29, 0.717) is 83.6 Å². The van der Waals surface area contributed by atoms with E-state index in [-0.39, 0.29) is 48.2 Å². The molecule has 0 radical (unpaired) electrons. The van der Waals surface area contributed by atoms with Crippen molar-refractivity contribution in [1.82, 2.24) is 39.4 Å². The number of carbonyl (C=O) groups is 4. The SMILES string of the molecule is Cc1cc2cc(n1)-c1cnn(C)c1OCCC[C@@H](C)Cn1c(nc3ccc(C(=O)N(C)[C@H]4CCN(CCc5cc(F)c([C@H]6CCC(=O)NC6=O)c(F)c5)[C@@H](C)C4)cc31)NC2=O. The summed E-state index contributed by atoms with van der Waals surface area (Å²) in [6.45, 7) is 8.38. The monoisotopic (exact) mass is 835 g/mol. The molecule has 2 fully saturated rings. The van der Waals surface area contributed by atoms with Gasteiger partial charge in [-0.25, -0.2) is 18.4 Å². The van der Waals surface area contributed by atoms with Crippen LogP contribution in [0.15, 0.2) is 48.7 Å². The number of hydrogen-bond donors (Lipinski definition) is 2. The number of imide groups is 1. The minimum atomic E-state index is -1.04. The quantitative estimate of drug-likeness (QED) is 0.191. The van der Waals surface area contributed by atoms with E-state index in [2.05, 4.69) is 39.5 Å². The molecule has 2 N–H and O–H groups in total. The van der Waals surface area contributed by atoms with E-state index in [1.54, 1.807) is 34.0 Å². The first kappa shape index (κ1) is 41.7. The van der Waals surface area contributed by atoms with Crippen LogP contribution in [0.5, 0.6) is 5.88 Å². The lowest BCUT2D eigenvalue weighted by Crippen LogP contribution is -2.49. The molecule has 4 amide bonds. The number of hydrogen-bond acceptors (Lipinski definition) is 9. The van der Waals surface area contributed by atoms with Gasteiger partial charge in [-0.2, -0.15) is 5.10 Å². The van der Waals surface area contributed by atoms with Gasteiger partial charge in [0, 0.05) is 74.6 Å². The summed E-state index contributed by atoms with van der Waals surface area (Å²) in [5, 5.41) is 9.61.